The topological polar surface area (TPSA) is 57.7 Å². The normalized spacial score (nSPS) is 19.5. The maximum atomic E-state index is 4.45. The van der Waals surface area contributed by atoms with Crippen molar-refractivity contribution in [3.8, 4) is 0 Å². The van der Waals surface area contributed by atoms with Crippen molar-refractivity contribution >= 4 is 11.2 Å². The Morgan fingerprint density at radius 3 is 2.91 bits per heavy atom. The summed E-state index contributed by atoms with van der Waals surface area (Å²) in [5.74, 6) is 0.458. The van der Waals surface area contributed by atoms with Gasteiger partial charge in [-0.15, -0.1) is 0 Å². The molecule has 3 heterocycles. The summed E-state index contributed by atoms with van der Waals surface area (Å²) >= 11 is 0. The van der Waals surface area contributed by atoms with Crippen LogP contribution in [0.3, 0.4) is 0 Å². The summed E-state index contributed by atoms with van der Waals surface area (Å²) in [6.45, 7) is 3.21. The van der Waals surface area contributed by atoms with Crippen LogP contribution >= 0.6 is 0 Å². The Hall–Kier alpha value is -2.27. The summed E-state index contributed by atoms with van der Waals surface area (Å²) in [6.07, 6.45) is 5.82. The molecule has 1 saturated heterocycles. The predicted octanol–water partition coefficient (Wildman–Crippen LogP) is 2.73. The number of likely N-dealkylation sites (tertiary alicyclic amines) is 1. The minimum absolute atomic E-state index is 0.458. The van der Waals surface area contributed by atoms with Gasteiger partial charge in [-0.05, 0) is 24.9 Å². The van der Waals surface area contributed by atoms with Crippen molar-refractivity contribution in [1.82, 2.24) is 25.1 Å². The molecule has 0 amide bonds. The lowest BCUT2D eigenvalue weighted by Crippen LogP contribution is -2.34. The molecule has 1 fully saturated rings. The smallest absolute Gasteiger partial charge is 0.199 e. The summed E-state index contributed by atoms with van der Waals surface area (Å²) < 4.78 is 0. The fourth-order valence-corrected chi connectivity index (χ4v) is 3.33. The average molecular weight is 293 g/mol. The van der Waals surface area contributed by atoms with E-state index in [9.17, 15) is 0 Å². The number of aromatic amines is 1. The number of hydrogen-bond acceptors (Lipinski definition) is 4. The van der Waals surface area contributed by atoms with Crippen molar-refractivity contribution in [2.75, 3.05) is 13.1 Å². The van der Waals surface area contributed by atoms with Crippen molar-refractivity contribution in [2.45, 2.75) is 25.3 Å². The number of rotatable bonds is 3. The molecule has 2 aromatic heterocycles. The number of aromatic nitrogens is 4. The highest BCUT2D eigenvalue weighted by atomic mass is 15.2. The van der Waals surface area contributed by atoms with E-state index in [1.807, 2.05) is 0 Å². The third-order valence-electron chi connectivity index (χ3n) is 4.38. The molecule has 5 nitrogen and oxygen atoms in total. The number of benzene rings is 1. The highest BCUT2D eigenvalue weighted by Crippen LogP contribution is 2.29. The molecule has 1 atom stereocenters. The van der Waals surface area contributed by atoms with Gasteiger partial charge in [0.1, 0.15) is 5.52 Å². The van der Waals surface area contributed by atoms with Crippen LogP contribution < -0.4 is 0 Å². The van der Waals surface area contributed by atoms with Gasteiger partial charge in [-0.25, -0.2) is 9.97 Å². The van der Waals surface area contributed by atoms with Crippen LogP contribution in [0.4, 0.5) is 0 Å². The molecule has 1 aliphatic rings. The highest BCUT2D eigenvalue weighted by Gasteiger charge is 2.25. The predicted molar refractivity (Wildman–Crippen MR) is 85.4 cm³/mol. The monoisotopic (exact) mass is 293 g/mol. The second-order valence-corrected chi connectivity index (χ2v) is 5.93. The lowest BCUT2D eigenvalue weighted by molar-refractivity contribution is 0.199. The van der Waals surface area contributed by atoms with Crippen LogP contribution in [0.2, 0.25) is 0 Å². The third-order valence-corrected chi connectivity index (χ3v) is 4.38. The molecule has 1 aromatic carbocycles. The zero-order valence-electron chi connectivity index (χ0n) is 12.4. The second-order valence-electron chi connectivity index (χ2n) is 5.93. The quantitative estimate of drug-likeness (QED) is 0.806. The van der Waals surface area contributed by atoms with Crippen LogP contribution in [-0.2, 0) is 6.54 Å². The molecule has 4 rings (SSSR count). The number of nitrogens with one attached hydrogen (secondary N) is 1. The van der Waals surface area contributed by atoms with Crippen LogP contribution in [0.25, 0.3) is 11.2 Å². The Morgan fingerprint density at radius 2 is 2.00 bits per heavy atom. The van der Waals surface area contributed by atoms with E-state index in [1.165, 1.54) is 18.4 Å². The molecule has 5 heteroatoms. The molecule has 3 aromatic rings. The van der Waals surface area contributed by atoms with Crippen molar-refractivity contribution in [1.29, 1.82) is 0 Å². The second kappa shape index (κ2) is 5.85. The first kappa shape index (κ1) is 13.4. The van der Waals surface area contributed by atoms with Crippen LogP contribution in [0.15, 0.2) is 42.7 Å². The van der Waals surface area contributed by atoms with Gasteiger partial charge >= 0.3 is 0 Å². The number of fused-ring (bicyclic) bond motifs is 1. The molecule has 1 aliphatic heterocycles. The lowest BCUT2D eigenvalue weighted by atomic mass is 9.94. The molecule has 112 valence electrons. The molecule has 0 saturated carbocycles. The van der Waals surface area contributed by atoms with Crippen LogP contribution in [0.5, 0.6) is 0 Å². The molecular weight excluding hydrogens is 274 g/mol. The Kier molecular flexibility index (Phi) is 3.56. The zero-order valence-corrected chi connectivity index (χ0v) is 12.4. The van der Waals surface area contributed by atoms with E-state index in [0.717, 1.165) is 36.5 Å². The number of H-pyrrole nitrogens is 1. The van der Waals surface area contributed by atoms with E-state index in [2.05, 4.69) is 55.4 Å². The Labute approximate surface area is 129 Å². The van der Waals surface area contributed by atoms with Crippen LogP contribution in [0, 0.1) is 0 Å². The Morgan fingerprint density at radius 1 is 1.14 bits per heavy atom. The first-order valence-electron chi connectivity index (χ1n) is 7.81. The van der Waals surface area contributed by atoms with Gasteiger partial charge < -0.3 is 0 Å². The van der Waals surface area contributed by atoms with Gasteiger partial charge in [0.05, 0.1) is 5.69 Å². The highest BCUT2D eigenvalue weighted by molar-refractivity contribution is 5.72. The molecule has 0 bridgehead atoms. The van der Waals surface area contributed by atoms with Gasteiger partial charge in [0.2, 0.25) is 0 Å². The van der Waals surface area contributed by atoms with Crippen molar-refractivity contribution in [3.63, 3.8) is 0 Å². The van der Waals surface area contributed by atoms with Crippen molar-refractivity contribution in [3.05, 3.63) is 54.0 Å². The molecule has 0 spiro atoms. The molecular formula is C17H19N5. The number of piperidine rings is 1. The largest absolute Gasteiger partial charge is 0.298 e. The number of nitrogens with zero attached hydrogens (tertiary/aromatic N) is 4. The first-order valence-corrected chi connectivity index (χ1v) is 7.81. The summed E-state index contributed by atoms with van der Waals surface area (Å²) in [6, 6.07) is 10.7. The fraction of sp³-hybridized carbons (Fsp3) is 0.353. The summed E-state index contributed by atoms with van der Waals surface area (Å²) in [5, 5.41) is 7.45. The van der Waals surface area contributed by atoms with Gasteiger partial charge in [-0.2, -0.15) is 5.10 Å². The van der Waals surface area contributed by atoms with Crippen LogP contribution in [-0.4, -0.2) is 38.2 Å². The molecule has 1 unspecified atom stereocenters. The lowest BCUT2D eigenvalue weighted by Gasteiger charge is -2.32. The summed E-state index contributed by atoms with van der Waals surface area (Å²) in [4.78, 5) is 11.2. The average Bonchev–Trinajstić information content (AvgIpc) is 3.00. The van der Waals surface area contributed by atoms with Gasteiger partial charge in [0.15, 0.2) is 5.65 Å². The third kappa shape index (κ3) is 2.60. The zero-order chi connectivity index (χ0) is 14.8. The van der Waals surface area contributed by atoms with Crippen molar-refractivity contribution in [2.24, 2.45) is 0 Å². The van der Waals surface area contributed by atoms with Gasteiger partial charge in [-0.3, -0.25) is 10.00 Å². The first-order chi connectivity index (χ1) is 10.9. The van der Waals surface area contributed by atoms with Gasteiger partial charge in [0, 0.05) is 31.4 Å². The fourth-order valence-electron chi connectivity index (χ4n) is 3.33. The summed E-state index contributed by atoms with van der Waals surface area (Å²) in [7, 11) is 0. The van der Waals surface area contributed by atoms with E-state index in [0.29, 0.717) is 5.92 Å². The summed E-state index contributed by atoms with van der Waals surface area (Å²) in [5.41, 5.74) is 4.16. The van der Waals surface area contributed by atoms with Crippen molar-refractivity contribution < 1.29 is 0 Å². The SMILES string of the molecule is c1ccc(CN2CCCC(c3[nH]nc4nccnc34)C2)cc1. The molecule has 1 N–H and O–H groups in total. The minimum atomic E-state index is 0.458. The molecule has 0 aliphatic carbocycles. The van der Waals surface area contributed by atoms with E-state index < -0.39 is 0 Å². The van der Waals surface area contributed by atoms with E-state index in [-0.39, 0.29) is 0 Å². The van der Waals surface area contributed by atoms with E-state index in [4.69, 9.17) is 0 Å². The Bertz CT molecular complexity index is 752. The number of hydrogen-bond donors (Lipinski definition) is 1. The maximum absolute atomic E-state index is 4.45. The van der Waals surface area contributed by atoms with Gasteiger partial charge in [0.25, 0.3) is 0 Å². The van der Waals surface area contributed by atoms with E-state index in [1.54, 1.807) is 12.4 Å². The Balaban J connectivity index is 1.53. The van der Waals surface area contributed by atoms with E-state index >= 15 is 0 Å². The minimum Gasteiger partial charge on any atom is -0.298 e. The maximum Gasteiger partial charge on any atom is 0.199 e. The molecule has 22 heavy (non-hydrogen) atoms. The van der Waals surface area contributed by atoms with Gasteiger partial charge in [-0.1, -0.05) is 30.3 Å². The molecule has 0 radical (unpaired) electrons. The van der Waals surface area contributed by atoms with Crippen LogP contribution in [0.1, 0.15) is 30.0 Å². The standard InChI is InChI=1S/C17H19N5/c1-2-5-13(6-3-1)11-22-10-4-7-14(12-22)15-16-17(21-20-15)19-9-8-18-16/h1-3,5-6,8-9,14H,4,7,10-12H2,(H,19,20,21).